The lowest BCUT2D eigenvalue weighted by atomic mass is 9.80. The van der Waals surface area contributed by atoms with Crippen LogP contribution in [0.3, 0.4) is 0 Å². The van der Waals surface area contributed by atoms with Crippen molar-refractivity contribution in [2.24, 2.45) is 5.92 Å². The maximum absolute atomic E-state index is 5.57. The van der Waals surface area contributed by atoms with Gasteiger partial charge in [-0.3, -0.25) is 15.8 Å². The fourth-order valence-corrected chi connectivity index (χ4v) is 4.99. The van der Waals surface area contributed by atoms with E-state index in [1.807, 2.05) is 6.07 Å². The molecule has 3 atom stereocenters. The van der Waals surface area contributed by atoms with E-state index in [4.69, 9.17) is 4.42 Å². The van der Waals surface area contributed by atoms with Gasteiger partial charge in [-0.05, 0) is 53.8 Å². The molecule has 1 aromatic heterocycles. The second kappa shape index (κ2) is 7.47. The Bertz CT molecular complexity index is 886. The summed E-state index contributed by atoms with van der Waals surface area (Å²) in [5, 5.41) is 2.73. The highest BCUT2D eigenvalue weighted by molar-refractivity contribution is 5.86. The van der Waals surface area contributed by atoms with Crippen LogP contribution in [-0.2, 0) is 6.54 Å². The predicted octanol–water partition coefficient (Wildman–Crippen LogP) is 3.91. The first-order valence-corrected chi connectivity index (χ1v) is 10.1. The number of hydrogen-bond acceptors (Lipinski definition) is 4. The number of nitrogens with zero attached hydrogens (tertiary/aromatic N) is 1. The Hall–Kier alpha value is -2.14. The molecule has 0 bridgehead atoms. The van der Waals surface area contributed by atoms with Crippen molar-refractivity contribution in [1.29, 1.82) is 0 Å². The van der Waals surface area contributed by atoms with Crippen LogP contribution in [0.25, 0.3) is 10.8 Å². The summed E-state index contributed by atoms with van der Waals surface area (Å²) in [4.78, 5) is 2.55. The van der Waals surface area contributed by atoms with E-state index in [1.54, 1.807) is 6.26 Å². The number of benzene rings is 2. The zero-order valence-corrected chi connectivity index (χ0v) is 15.6. The number of likely N-dealkylation sites (tertiary alicyclic amines) is 1. The van der Waals surface area contributed by atoms with Crippen molar-refractivity contribution in [1.82, 2.24) is 15.8 Å². The van der Waals surface area contributed by atoms with E-state index < -0.39 is 0 Å². The van der Waals surface area contributed by atoms with E-state index in [1.165, 1.54) is 29.2 Å². The number of hydrazine groups is 1. The average molecular weight is 361 g/mol. The number of nitrogens with one attached hydrogen (secondary N) is 2. The van der Waals surface area contributed by atoms with Gasteiger partial charge in [0.05, 0.1) is 12.8 Å². The lowest BCUT2D eigenvalue weighted by Gasteiger charge is -2.37. The van der Waals surface area contributed by atoms with Crippen LogP contribution in [0, 0.1) is 5.92 Å². The van der Waals surface area contributed by atoms with Crippen molar-refractivity contribution in [3.05, 3.63) is 72.2 Å². The highest BCUT2D eigenvalue weighted by Gasteiger charge is 2.37. The summed E-state index contributed by atoms with van der Waals surface area (Å²) in [5.41, 5.74) is 8.55. The van der Waals surface area contributed by atoms with Crippen molar-refractivity contribution in [3.63, 3.8) is 0 Å². The maximum Gasteiger partial charge on any atom is 0.117 e. The molecule has 3 heterocycles. The topological polar surface area (TPSA) is 40.4 Å². The second-order valence-electron chi connectivity index (χ2n) is 7.94. The van der Waals surface area contributed by atoms with Gasteiger partial charge in [-0.15, -0.1) is 0 Å². The van der Waals surface area contributed by atoms with Gasteiger partial charge in [-0.1, -0.05) is 42.5 Å². The molecular formula is C23H27N3O. The quantitative estimate of drug-likeness (QED) is 0.739. The number of furan rings is 1. The normalized spacial score (nSPS) is 26.6. The summed E-state index contributed by atoms with van der Waals surface area (Å²) in [7, 11) is 0. The van der Waals surface area contributed by atoms with Gasteiger partial charge in [0.1, 0.15) is 5.76 Å². The summed E-state index contributed by atoms with van der Waals surface area (Å²) in [6.07, 6.45) is 4.32. The lowest BCUT2D eigenvalue weighted by Crippen LogP contribution is -2.46. The molecule has 2 aliphatic heterocycles. The fourth-order valence-electron chi connectivity index (χ4n) is 4.99. The molecule has 0 aliphatic carbocycles. The van der Waals surface area contributed by atoms with Gasteiger partial charge in [-0.25, -0.2) is 0 Å². The van der Waals surface area contributed by atoms with E-state index in [2.05, 4.69) is 64.3 Å². The minimum atomic E-state index is 0.468. The van der Waals surface area contributed by atoms with Crippen LogP contribution in [0.1, 0.15) is 30.1 Å². The van der Waals surface area contributed by atoms with Crippen LogP contribution in [0.2, 0.25) is 0 Å². The van der Waals surface area contributed by atoms with Crippen LogP contribution in [0.5, 0.6) is 0 Å². The van der Waals surface area contributed by atoms with Gasteiger partial charge < -0.3 is 4.42 Å². The molecule has 2 aliphatic rings. The standard InChI is InChI=1S/C23H27N3O/c1-2-10-20-17(6-1)7-3-11-21(20)22-14-24-25-23(22)18-8-4-12-26(15-18)16-19-9-5-13-27-19/h1-3,5-7,9-11,13,18,22-25H,4,8,12,14-16H2. The molecule has 0 amide bonds. The van der Waals surface area contributed by atoms with Crippen LogP contribution < -0.4 is 10.9 Å². The molecule has 4 nitrogen and oxygen atoms in total. The van der Waals surface area contributed by atoms with Crippen LogP contribution in [0.4, 0.5) is 0 Å². The molecule has 0 radical (unpaired) electrons. The number of piperidine rings is 1. The predicted molar refractivity (Wildman–Crippen MR) is 108 cm³/mol. The molecule has 2 fully saturated rings. The molecule has 2 aromatic carbocycles. The van der Waals surface area contributed by atoms with Crippen molar-refractivity contribution >= 4 is 10.8 Å². The molecule has 4 heteroatoms. The summed E-state index contributed by atoms with van der Waals surface area (Å²) in [6.45, 7) is 4.20. The zero-order valence-electron chi connectivity index (χ0n) is 15.6. The minimum absolute atomic E-state index is 0.468. The van der Waals surface area contributed by atoms with Crippen molar-refractivity contribution in [2.45, 2.75) is 31.3 Å². The first-order chi connectivity index (χ1) is 13.4. The Kier molecular flexibility index (Phi) is 4.70. The summed E-state index contributed by atoms with van der Waals surface area (Å²) in [6, 6.07) is 20.0. The van der Waals surface area contributed by atoms with E-state index in [9.17, 15) is 0 Å². The molecule has 0 spiro atoms. The molecule has 27 heavy (non-hydrogen) atoms. The highest BCUT2D eigenvalue weighted by atomic mass is 16.3. The SMILES string of the molecule is c1coc(CN2CCCC(C3NNCC3c3cccc4ccccc34)C2)c1. The second-order valence-corrected chi connectivity index (χ2v) is 7.94. The summed E-state index contributed by atoms with van der Waals surface area (Å²) in [5.74, 6) is 2.22. The van der Waals surface area contributed by atoms with Crippen molar-refractivity contribution in [2.75, 3.05) is 19.6 Å². The Morgan fingerprint density at radius 1 is 1.04 bits per heavy atom. The first kappa shape index (κ1) is 17.0. The molecule has 140 valence electrons. The van der Waals surface area contributed by atoms with E-state index in [-0.39, 0.29) is 0 Å². The number of rotatable bonds is 4. The highest BCUT2D eigenvalue weighted by Crippen LogP contribution is 2.35. The first-order valence-electron chi connectivity index (χ1n) is 10.1. The monoisotopic (exact) mass is 361 g/mol. The van der Waals surface area contributed by atoms with Gasteiger partial charge >= 0.3 is 0 Å². The third-order valence-corrected chi connectivity index (χ3v) is 6.26. The van der Waals surface area contributed by atoms with Gasteiger partial charge in [0.2, 0.25) is 0 Å². The zero-order chi connectivity index (χ0) is 18.1. The van der Waals surface area contributed by atoms with Gasteiger partial charge in [-0.2, -0.15) is 0 Å². The Morgan fingerprint density at radius 2 is 1.96 bits per heavy atom. The molecular weight excluding hydrogens is 334 g/mol. The average Bonchev–Trinajstić information content (AvgIpc) is 3.40. The molecule has 3 aromatic rings. The van der Waals surface area contributed by atoms with E-state index in [0.717, 1.165) is 31.9 Å². The van der Waals surface area contributed by atoms with Crippen molar-refractivity contribution < 1.29 is 4.42 Å². The van der Waals surface area contributed by atoms with E-state index >= 15 is 0 Å². The smallest absolute Gasteiger partial charge is 0.117 e. The number of fused-ring (bicyclic) bond motifs is 1. The molecule has 3 unspecified atom stereocenters. The molecule has 5 rings (SSSR count). The van der Waals surface area contributed by atoms with E-state index in [0.29, 0.717) is 17.9 Å². The van der Waals surface area contributed by atoms with Gasteiger partial charge in [0.15, 0.2) is 0 Å². The Balaban J connectivity index is 1.37. The molecule has 2 N–H and O–H groups in total. The van der Waals surface area contributed by atoms with Gasteiger partial charge in [0, 0.05) is 25.0 Å². The molecule has 0 saturated carbocycles. The van der Waals surface area contributed by atoms with Crippen LogP contribution in [0.15, 0.2) is 65.3 Å². The number of hydrogen-bond donors (Lipinski definition) is 2. The minimum Gasteiger partial charge on any atom is -0.468 e. The third kappa shape index (κ3) is 3.41. The largest absolute Gasteiger partial charge is 0.468 e. The lowest BCUT2D eigenvalue weighted by molar-refractivity contribution is 0.132. The fraction of sp³-hybridized carbons (Fsp3) is 0.391. The Morgan fingerprint density at radius 3 is 2.89 bits per heavy atom. The maximum atomic E-state index is 5.57. The van der Waals surface area contributed by atoms with Crippen LogP contribution in [-0.4, -0.2) is 30.6 Å². The summed E-state index contributed by atoms with van der Waals surface area (Å²) < 4.78 is 5.57. The van der Waals surface area contributed by atoms with Crippen molar-refractivity contribution in [3.8, 4) is 0 Å². The summed E-state index contributed by atoms with van der Waals surface area (Å²) >= 11 is 0. The Labute approximate surface area is 160 Å². The van der Waals surface area contributed by atoms with Gasteiger partial charge in [0.25, 0.3) is 0 Å². The van der Waals surface area contributed by atoms with Crippen LogP contribution >= 0.6 is 0 Å². The third-order valence-electron chi connectivity index (χ3n) is 6.26. The molecule has 2 saturated heterocycles.